The van der Waals surface area contributed by atoms with E-state index in [4.69, 9.17) is 5.73 Å². The fraction of sp³-hybridized carbons (Fsp3) is 0.167. The van der Waals surface area contributed by atoms with Crippen molar-refractivity contribution >= 4 is 0 Å². The lowest BCUT2D eigenvalue weighted by Gasteiger charge is -2.06. The van der Waals surface area contributed by atoms with Crippen molar-refractivity contribution in [3.05, 3.63) is 52.3 Å². The highest BCUT2D eigenvalue weighted by Gasteiger charge is 2.08. The highest BCUT2D eigenvalue weighted by Crippen LogP contribution is 2.16. The Morgan fingerprint density at radius 2 is 2.00 bits per heavy atom. The highest BCUT2D eigenvalue weighted by atomic mass is 16.1. The third-order valence-electron chi connectivity index (χ3n) is 2.39. The van der Waals surface area contributed by atoms with Crippen molar-refractivity contribution in [3.63, 3.8) is 0 Å². The van der Waals surface area contributed by atoms with E-state index in [9.17, 15) is 4.79 Å². The summed E-state index contributed by atoms with van der Waals surface area (Å²) in [6.07, 6.45) is 0. The van der Waals surface area contributed by atoms with Crippen molar-refractivity contribution in [2.24, 2.45) is 5.73 Å². The molecular formula is C12H13N3O. The van der Waals surface area contributed by atoms with Crippen LogP contribution in [0.15, 0.2) is 41.2 Å². The number of rotatable bonds is 2. The lowest BCUT2D eigenvalue weighted by atomic mass is 10.1. The molecule has 0 radical (unpaired) electrons. The van der Waals surface area contributed by atoms with Crippen LogP contribution < -0.4 is 11.3 Å². The van der Waals surface area contributed by atoms with Gasteiger partial charge in [-0.05, 0) is 13.0 Å². The first-order chi connectivity index (χ1) is 7.68. The van der Waals surface area contributed by atoms with Gasteiger partial charge in [0.15, 0.2) is 0 Å². The Bertz CT molecular complexity index is 531. The molecule has 0 aliphatic rings. The smallest absolute Gasteiger partial charge is 0.268 e. The van der Waals surface area contributed by atoms with Crippen molar-refractivity contribution in [2.45, 2.75) is 13.0 Å². The summed E-state index contributed by atoms with van der Waals surface area (Å²) in [5.74, 6) is 0. The highest BCUT2D eigenvalue weighted by molar-refractivity contribution is 5.58. The normalized spacial score (nSPS) is 12.4. The lowest BCUT2D eigenvalue weighted by molar-refractivity contribution is 0.785. The molecule has 82 valence electrons. The molecule has 4 nitrogen and oxygen atoms in total. The molecule has 3 N–H and O–H groups in total. The topological polar surface area (TPSA) is 71.8 Å². The van der Waals surface area contributed by atoms with Crippen LogP contribution in [0.2, 0.25) is 0 Å². The number of hydrogen-bond donors (Lipinski definition) is 2. The molecule has 0 bridgehead atoms. The minimum absolute atomic E-state index is 0.227. The van der Waals surface area contributed by atoms with E-state index in [1.807, 2.05) is 30.3 Å². The summed E-state index contributed by atoms with van der Waals surface area (Å²) in [4.78, 5) is 11.4. The zero-order valence-electron chi connectivity index (χ0n) is 8.97. The van der Waals surface area contributed by atoms with Crippen molar-refractivity contribution < 1.29 is 0 Å². The Kier molecular flexibility index (Phi) is 2.83. The molecule has 0 fully saturated rings. The van der Waals surface area contributed by atoms with Crippen LogP contribution in [0, 0.1) is 0 Å². The SMILES string of the molecule is CC(N)c1cc(-c2ccccc2)n[nH]c1=O. The Morgan fingerprint density at radius 3 is 2.62 bits per heavy atom. The fourth-order valence-corrected chi connectivity index (χ4v) is 1.52. The number of benzene rings is 1. The van der Waals surface area contributed by atoms with Gasteiger partial charge in [-0.3, -0.25) is 4.79 Å². The first kappa shape index (κ1) is 10.6. The molecular weight excluding hydrogens is 202 g/mol. The van der Waals surface area contributed by atoms with Gasteiger partial charge in [-0.1, -0.05) is 30.3 Å². The van der Waals surface area contributed by atoms with Crippen molar-refractivity contribution in [2.75, 3.05) is 0 Å². The summed E-state index contributed by atoms with van der Waals surface area (Å²) in [7, 11) is 0. The molecule has 0 saturated carbocycles. The van der Waals surface area contributed by atoms with E-state index in [1.54, 1.807) is 13.0 Å². The molecule has 1 unspecified atom stereocenters. The molecule has 0 aliphatic heterocycles. The largest absolute Gasteiger partial charge is 0.324 e. The molecule has 1 atom stereocenters. The van der Waals surface area contributed by atoms with E-state index in [-0.39, 0.29) is 11.6 Å². The number of aromatic amines is 1. The van der Waals surface area contributed by atoms with Gasteiger partial charge in [0, 0.05) is 17.2 Å². The van der Waals surface area contributed by atoms with Crippen molar-refractivity contribution in [3.8, 4) is 11.3 Å². The molecule has 0 amide bonds. The number of hydrogen-bond acceptors (Lipinski definition) is 3. The predicted octanol–water partition coefficient (Wildman–Crippen LogP) is 1.46. The third-order valence-corrected chi connectivity index (χ3v) is 2.39. The predicted molar refractivity (Wildman–Crippen MR) is 62.9 cm³/mol. The summed E-state index contributed by atoms with van der Waals surface area (Å²) in [6, 6.07) is 11.1. The molecule has 0 aliphatic carbocycles. The van der Waals surface area contributed by atoms with Crippen LogP contribution in [0.3, 0.4) is 0 Å². The maximum absolute atomic E-state index is 11.4. The van der Waals surface area contributed by atoms with Crippen LogP contribution in [-0.2, 0) is 0 Å². The maximum Gasteiger partial charge on any atom is 0.268 e. The van der Waals surface area contributed by atoms with Gasteiger partial charge in [0.1, 0.15) is 0 Å². The lowest BCUT2D eigenvalue weighted by Crippen LogP contribution is -2.20. The molecule has 2 aromatic rings. The average molecular weight is 215 g/mol. The number of nitrogens with one attached hydrogen (secondary N) is 1. The second kappa shape index (κ2) is 4.28. The summed E-state index contributed by atoms with van der Waals surface area (Å²) in [5.41, 5.74) is 7.72. The van der Waals surface area contributed by atoms with Gasteiger partial charge in [-0.15, -0.1) is 0 Å². The minimum Gasteiger partial charge on any atom is -0.324 e. The van der Waals surface area contributed by atoms with Crippen LogP contribution >= 0.6 is 0 Å². The molecule has 0 spiro atoms. The second-order valence-electron chi connectivity index (χ2n) is 3.69. The van der Waals surface area contributed by atoms with Gasteiger partial charge < -0.3 is 5.73 Å². The van der Waals surface area contributed by atoms with Gasteiger partial charge in [-0.2, -0.15) is 5.10 Å². The van der Waals surface area contributed by atoms with Gasteiger partial charge in [-0.25, -0.2) is 5.10 Å². The Balaban J connectivity index is 2.52. The first-order valence-corrected chi connectivity index (χ1v) is 5.09. The Morgan fingerprint density at radius 1 is 1.31 bits per heavy atom. The quantitative estimate of drug-likeness (QED) is 0.796. The summed E-state index contributed by atoms with van der Waals surface area (Å²) < 4.78 is 0. The average Bonchev–Trinajstić information content (AvgIpc) is 2.30. The zero-order valence-corrected chi connectivity index (χ0v) is 8.97. The van der Waals surface area contributed by atoms with E-state index < -0.39 is 0 Å². The van der Waals surface area contributed by atoms with Crippen LogP contribution in [0.1, 0.15) is 18.5 Å². The summed E-state index contributed by atoms with van der Waals surface area (Å²) in [5, 5.41) is 6.46. The van der Waals surface area contributed by atoms with Gasteiger partial charge in [0.25, 0.3) is 5.56 Å². The van der Waals surface area contributed by atoms with Crippen molar-refractivity contribution in [1.82, 2.24) is 10.2 Å². The van der Waals surface area contributed by atoms with Gasteiger partial charge >= 0.3 is 0 Å². The van der Waals surface area contributed by atoms with Crippen LogP contribution in [-0.4, -0.2) is 10.2 Å². The maximum atomic E-state index is 11.4. The molecule has 4 heteroatoms. The van der Waals surface area contributed by atoms with Crippen molar-refractivity contribution in [1.29, 1.82) is 0 Å². The van der Waals surface area contributed by atoms with Crippen LogP contribution in [0.5, 0.6) is 0 Å². The van der Waals surface area contributed by atoms with Gasteiger partial charge in [0.2, 0.25) is 0 Å². The number of nitrogens with two attached hydrogens (primary N) is 1. The number of nitrogens with zero attached hydrogens (tertiary/aromatic N) is 1. The summed E-state index contributed by atoms with van der Waals surface area (Å²) in [6.45, 7) is 1.78. The number of aromatic nitrogens is 2. The monoisotopic (exact) mass is 215 g/mol. The van der Waals surface area contributed by atoms with Crippen LogP contribution in [0.25, 0.3) is 11.3 Å². The van der Waals surface area contributed by atoms with E-state index in [2.05, 4.69) is 10.2 Å². The van der Waals surface area contributed by atoms with Crippen LogP contribution in [0.4, 0.5) is 0 Å². The minimum atomic E-state index is -0.297. The fourth-order valence-electron chi connectivity index (χ4n) is 1.52. The zero-order chi connectivity index (χ0) is 11.5. The van der Waals surface area contributed by atoms with Gasteiger partial charge in [0.05, 0.1) is 5.69 Å². The summed E-state index contributed by atoms with van der Waals surface area (Å²) >= 11 is 0. The molecule has 1 aromatic heterocycles. The third kappa shape index (κ3) is 2.01. The van der Waals surface area contributed by atoms with E-state index in [0.717, 1.165) is 11.3 Å². The van der Waals surface area contributed by atoms with E-state index >= 15 is 0 Å². The standard InChI is InChI=1S/C12H13N3O/c1-8(13)10-7-11(14-15-12(10)16)9-5-3-2-4-6-9/h2-8H,13H2,1H3,(H,15,16). The molecule has 1 heterocycles. The molecule has 0 saturated heterocycles. The number of H-pyrrole nitrogens is 1. The van der Waals surface area contributed by atoms with E-state index in [0.29, 0.717) is 5.56 Å². The van der Waals surface area contributed by atoms with E-state index in [1.165, 1.54) is 0 Å². The second-order valence-corrected chi connectivity index (χ2v) is 3.69. The molecule has 2 rings (SSSR count). The molecule has 16 heavy (non-hydrogen) atoms. The Hall–Kier alpha value is -1.94. The Labute approximate surface area is 93.1 Å². The molecule has 1 aromatic carbocycles. The first-order valence-electron chi connectivity index (χ1n) is 5.09.